The normalized spacial score (nSPS) is 18.3. The van der Waals surface area contributed by atoms with Gasteiger partial charge in [0.25, 0.3) is 0 Å². The molecule has 5 aromatic rings. The summed E-state index contributed by atoms with van der Waals surface area (Å²) in [7, 11) is 3.01. The first-order valence-electron chi connectivity index (χ1n) is 19.1. The van der Waals surface area contributed by atoms with Crippen LogP contribution in [0, 0.1) is 18.6 Å². The Bertz CT molecular complexity index is 2290. The van der Waals surface area contributed by atoms with Gasteiger partial charge in [0.15, 0.2) is 17.5 Å². The van der Waals surface area contributed by atoms with E-state index in [1.54, 1.807) is 69.3 Å². The number of nitrogens with zero attached hydrogens (tertiary/aromatic N) is 5. The van der Waals surface area contributed by atoms with Crippen molar-refractivity contribution in [1.82, 2.24) is 19.9 Å². The van der Waals surface area contributed by atoms with E-state index in [0.29, 0.717) is 35.6 Å². The van der Waals surface area contributed by atoms with E-state index in [-0.39, 0.29) is 49.9 Å². The van der Waals surface area contributed by atoms with Crippen LogP contribution in [0.25, 0.3) is 22.2 Å². The Morgan fingerprint density at radius 1 is 0.898 bits per heavy atom. The maximum absolute atomic E-state index is 17.3. The average Bonchev–Trinajstić information content (AvgIpc) is 3.70. The first-order chi connectivity index (χ1) is 27.9. The minimum Gasteiger partial charge on any atom is -0.497 e. The Balaban J connectivity index is 1.40. The molecule has 0 bridgehead atoms. The minimum atomic E-state index is -5.20. The Morgan fingerprint density at radius 2 is 1.51 bits per heavy atom. The van der Waals surface area contributed by atoms with Gasteiger partial charge in [0, 0.05) is 31.6 Å². The monoisotopic (exact) mass is 843 g/mol. The van der Waals surface area contributed by atoms with Crippen LogP contribution in [0.3, 0.4) is 0 Å². The molecular weight excluding hydrogens is 800 g/mol. The highest BCUT2D eigenvalue weighted by Crippen LogP contribution is 2.47. The summed E-state index contributed by atoms with van der Waals surface area (Å²) >= 11 is 6.75. The van der Waals surface area contributed by atoms with Crippen LogP contribution in [-0.2, 0) is 19.3 Å². The summed E-state index contributed by atoms with van der Waals surface area (Å²) in [5, 5.41) is -0.518. The van der Waals surface area contributed by atoms with E-state index in [1.165, 1.54) is 25.2 Å². The fraction of sp³-hybridized carbons (Fsp3) is 0.419. The molecule has 2 saturated heterocycles. The molecule has 2 atom stereocenters. The van der Waals surface area contributed by atoms with E-state index < -0.39 is 73.9 Å². The molecule has 4 heterocycles. The third-order valence-electron chi connectivity index (χ3n) is 10.7. The SMILES string of the molecule is COc1ccc(CN(Cc2ccc(OC)cc2)c2nc(-c3c(Cl)cc4c(OC(C)(C)C)nc(OC[C@@]56CCCN5C[C@H](F)C6)nc4c3F)c(C(F)(F)F)c(C)c2F)cc1. The number of halogens is 7. The van der Waals surface area contributed by atoms with Gasteiger partial charge in [-0.05, 0) is 88.5 Å². The molecule has 3 aromatic carbocycles. The Hall–Kier alpha value is -5.02. The van der Waals surface area contributed by atoms with Gasteiger partial charge in [0.1, 0.15) is 35.4 Å². The van der Waals surface area contributed by atoms with Crippen LogP contribution < -0.4 is 23.8 Å². The van der Waals surface area contributed by atoms with Gasteiger partial charge in [-0.25, -0.2) is 18.2 Å². The minimum absolute atomic E-state index is 0.00549. The van der Waals surface area contributed by atoms with Gasteiger partial charge in [-0.1, -0.05) is 35.9 Å². The first-order valence-corrected chi connectivity index (χ1v) is 19.5. The molecule has 314 valence electrons. The molecule has 0 unspecified atom stereocenters. The molecule has 2 aliphatic rings. The predicted octanol–water partition coefficient (Wildman–Crippen LogP) is 10.3. The van der Waals surface area contributed by atoms with Crippen molar-refractivity contribution in [2.45, 2.75) is 83.5 Å². The van der Waals surface area contributed by atoms with Gasteiger partial charge in [0.2, 0.25) is 5.88 Å². The van der Waals surface area contributed by atoms with Gasteiger partial charge in [-0.3, -0.25) is 4.90 Å². The number of alkyl halides is 4. The lowest BCUT2D eigenvalue weighted by Crippen LogP contribution is -2.43. The molecule has 0 saturated carbocycles. The molecule has 7 rings (SSSR count). The summed E-state index contributed by atoms with van der Waals surface area (Å²) < 4.78 is 116. The van der Waals surface area contributed by atoms with E-state index in [1.807, 2.05) is 4.90 Å². The van der Waals surface area contributed by atoms with Crippen molar-refractivity contribution < 1.29 is 45.3 Å². The lowest BCUT2D eigenvalue weighted by Gasteiger charge is -2.31. The number of pyridine rings is 1. The summed E-state index contributed by atoms with van der Waals surface area (Å²) in [6.45, 7) is 7.10. The van der Waals surface area contributed by atoms with Gasteiger partial charge in [-0.15, -0.1) is 0 Å². The Morgan fingerprint density at radius 3 is 2.07 bits per heavy atom. The quantitative estimate of drug-likeness (QED) is 0.114. The summed E-state index contributed by atoms with van der Waals surface area (Å²) in [4.78, 5) is 16.5. The van der Waals surface area contributed by atoms with Crippen molar-refractivity contribution in [1.29, 1.82) is 0 Å². The van der Waals surface area contributed by atoms with Crippen molar-refractivity contribution >= 4 is 28.3 Å². The molecule has 2 aromatic heterocycles. The van der Waals surface area contributed by atoms with Gasteiger partial charge >= 0.3 is 12.2 Å². The summed E-state index contributed by atoms with van der Waals surface area (Å²) in [5.41, 5.74) is -4.65. The van der Waals surface area contributed by atoms with Crippen LogP contribution >= 0.6 is 11.6 Å². The van der Waals surface area contributed by atoms with Crippen LogP contribution in [-0.4, -0.2) is 71.1 Å². The zero-order valence-electron chi connectivity index (χ0n) is 33.4. The molecule has 0 N–H and O–H groups in total. The van der Waals surface area contributed by atoms with Crippen LogP contribution in [0.5, 0.6) is 23.4 Å². The van der Waals surface area contributed by atoms with E-state index in [9.17, 15) is 4.39 Å². The highest BCUT2D eigenvalue weighted by Gasteiger charge is 2.49. The Kier molecular flexibility index (Phi) is 11.6. The maximum atomic E-state index is 17.3. The second-order valence-corrected chi connectivity index (χ2v) is 16.4. The third-order valence-corrected chi connectivity index (χ3v) is 11.0. The fourth-order valence-corrected chi connectivity index (χ4v) is 8.24. The molecule has 0 aliphatic carbocycles. The summed E-state index contributed by atoms with van der Waals surface area (Å²) in [5.74, 6) is -2.01. The van der Waals surface area contributed by atoms with Crippen molar-refractivity contribution in [3.8, 4) is 34.6 Å². The van der Waals surface area contributed by atoms with E-state index in [4.69, 9.17) is 30.5 Å². The van der Waals surface area contributed by atoms with Crippen LogP contribution in [0.15, 0.2) is 54.6 Å². The lowest BCUT2D eigenvalue weighted by atomic mass is 9.95. The van der Waals surface area contributed by atoms with E-state index in [2.05, 4.69) is 15.0 Å². The van der Waals surface area contributed by atoms with Crippen LogP contribution in [0.4, 0.5) is 32.2 Å². The molecule has 0 radical (unpaired) electrons. The van der Waals surface area contributed by atoms with Crippen LogP contribution in [0.1, 0.15) is 62.3 Å². The number of fused-ring (bicyclic) bond motifs is 2. The second kappa shape index (κ2) is 16.2. The van der Waals surface area contributed by atoms with Gasteiger partial charge < -0.3 is 23.8 Å². The largest absolute Gasteiger partial charge is 0.497 e. The number of rotatable bonds is 12. The number of hydrogen-bond acceptors (Lipinski definition) is 9. The molecular formula is C43H44ClF6N5O4. The summed E-state index contributed by atoms with van der Waals surface area (Å²) in [6.07, 6.45) is -4.48. The summed E-state index contributed by atoms with van der Waals surface area (Å²) in [6, 6.07) is 14.6. The second-order valence-electron chi connectivity index (χ2n) is 16.0. The molecule has 16 heteroatoms. The van der Waals surface area contributed by atoms with Crippen molar-refractivity contribution in [3.05, 3.63) is 93.5 Å². The van der Waals surface area contributed by atoms with Crippen molar-refractivity contribution in [2.24, 2.45) is 0 Å². The van der Waals surface area contributed by atoms with Gasteiger partial charge in [0.05, 0.1) is 47.0 Å². The number of ether oxygens (including phenoxy) is 4. The highest BCUT2D eigenvalue weighted by molar-refractivity contribution is 6.34. The zero-order valence-corrected chi connectivity index (χ0v) is 34.2. The Labute approximate surface area is 343 Å². The van der Waals surface area contributed by atoms with Crippen molar-refractivity contribution in [3.63, 3.8) is 0 Å². The number of anilines is 1. The maximum Gasteiger partial charge on any atom is 0.418 e. The number of hydrogen-bond donors (Lipinski definition) is 0. The lowest BCUT2D eigenvalue weighted by molar-refractivity contribution is -0.137. The van der Waals surface area contributed by atoms with Crippen LogP contribution in [0.2, 0.25) is 5.02 Å². The zero-order chi connectivity index (χ0) is 42.4. The first kappa shape index (κ1) is 42.1. The number of methoxy groups -OCH3 is 2. The number of benzene rings is 3. The smallest absolute Gasteiger partial charge is 0.418 e. The van der Waals surface area contributed by atoms with E-state index in [0.717, 1.165) is 13.3 Å². The molecule has 59 heavy (non-hydrogen) atoms. The fourth-order valence-electron chi connectivity index (χ4n) is 7.96. The number of aromatic nitrogens is 3. The molecule has 0 amide bonds. The third kappa shape index (κ3) is 8.68. The highest BCUT2D eigenvalue weighted by atomic mass is 35.5. The topological polar surface area (TPSA) is 82.1 Å². The van der Waals surface area contributed by atoms with Crippen molar-refractivity contribution in [2.75, 3.05) is 38.8 Å². The molecule has 9 nitrogen and oxygen atoms in total. The van der Waals surface area contributed by atoms with Gasteiger partial charge in [-0.2, -0.15) is 23.1 Å². The van der Waals surface area contributed by atoms with E-state index >= 15 is 22.0 Å². The predicted molar refractivity (Wildman–Crippen MR) is 212 cm³/mol. The molecule has 2 aliphatic heterocycles. The molecule has 0 spiro atoms. The standard InChI is InChI=1S/C43H44ClF6N5O4/c1-24-33(43(48,49)50)37(51-38(34(24)46)54(20-25-8-12-28(56-5)13-9-25)21-26-10-14-29(57-6)15-11-26)32-31(44)18-30-36(35(32)47)52-40(53-39(30)59-41(2,3)4)58-23-42-16-7-17-55(42)22-27(45)19-42/h8-15,18,27H,7,16-17,19-23H2,1-6H3/t27-,42+/m1/s1. The molecule has 2 fully saturated rings. The average molecular weight is 844 g/mol.